The zero-order valence-corrected chi connectivity index (χ0v) is 15.9. The van der Waals surface area contributed by atoms with Crippen molar-refractivity contribution in [2.24, 2.45) is 0 Å². The Balaban J connectivity index is 1.81. The number of aromatic nitrogens is 2. The summed E-state index contributed by atoms with van der Waals surface area (Å²) >= 11 is 6.14. The third-order valence-electron chi connectivity index (χ3n) is 4.25. The number of methoxy groups -OCH3 is 1. The van der Waals surface area contributed by atoms with E-state index in [0.717, 1.165) is 16.7 Å². The number of rotatable bonds is 5. The molecule has 0 aliphatic heterocycles. The number of nitrogens with zero attached hydrogens (tertiary/aromatic N) is 2. The fourth-order valence-corrected chi connectivity index (χ4v) is 3.07. The summed E-state index contributed by atoms with van der Waals surface area (Å²) in [5, 5.41) is 4.73. The quantitative estimate of drug-likeness (QED) is 0.394. The van der Waals surface area contributed by atoms with Crippen molar-refractivity contribution in [1.82, 2.24) is 10.1 Å². The average molecular weight is 389 g/mol. The first-order chi connectivity index (χ1) is 13.7. The Bertz CT molecular complexity index is 1110. The number of ether oxygens (including phenoxy) is 1. The van der Waals surface area contributed by atoms with Crippen LogP contribution in [0.3, 0.4) is 0 Å². The SMILES string of the molecule is COc1ccc(Cl)cc1-c1noc(/C(=C\c2ccccc2)c2ccccc2)n1. The number of hydrogen-bond acceptors (Lipinski definition) is 4. The highest BCUT2D eigenvalue weighted by Gasteiger charge is 2.17. The Morgan fingerprint density at radius 1 is 0.964 bits per heavy atom. The molecule has 0 aliphatic rings. The Morgan fingerprint density at radius 3 is 2.39 bits per heavy atom. The molecule has 0 saturated carbocycles. The Hall–Kier alpha value is -3.37. The van der Waals surface area contributed by atoms with Crippen molar-refractivity contribution < 1.29 is 9.26 Å². The molecular formula is C23H17ClN2O2. The second-order valence-corrected chi connectivity index (χ2v) is 6.54. The zero-order valence-electron chi connectivity index (χ0n) is 15.2. The number of halogens is 1. The molecule has 5 heteroatoms. The molecule has 0 amide bonds. The van der Waals surface area contributed by atoms with Gasteiger partial charge in [0, 0.05) is 10.6 Å². The predicted octanol–water partition coefficient (Wildman–Crippen LogP) is 5.99. The molecule has 28 heavy (non-hydrogen) atoms. The van der Waals surface area contributed by atoms with Gasteiger partial charge in [0.25, 0.3) is 5.89 Å². The molecule has 4 nitrogen and oxygen atoms in total. The summed E-state index contributed by atoms with van der Waals surface area (Å²) in [5.74, 6) is 1.47. The second kappa shape index (κ2) is 8.11. The van der Waals surface area contributed by atoms with Crippen molar-refractivity contribution in [3.63, 3.8) is 0 Å². The van der Waals surface area contributed by atoms with E-state index in [2.05, 4.69) is 10.1 Å². The molecule has 0 aliphatic carbocycles. The van der Waals surface area contributed by atoms with Gasteiger partial charge in [-0.15, -0.1) is 0 Å². The van der Waals surface area contributed by atoms with Crippen LogP contribution in [0.15, 0.2) is 83.4 Å². The first-order valence-electron chi connectivity index (χ1n) is 8.75. The summed E-state index contributed by atoms with van der Waals surface area (Å²) in [4.78, 5) is 4.62. The van der Waals surface area contributed by atoms with Gasteiger partial charge in [-0.2, -0.15) is 4.98 Å². The normalized spacial score (nSPS) is 11.4. The lowest BCUT2D eigenvalue weighted by Gasteiger charge is -2.05. The molecule has 1 heterocycles. The minimum absolute atomic E-state index is 0.421. The van der Waals surface area contributed by atoms with Gasteiger partial charge in [-0.3, -0.25) is 0 Å². The molecular weight excluding hydrogens is 372 g/mol. The molecule has 4 rings (SSSR count). The minimum Gasteiger partial charge on any atom is -0.496 e. The zero-order chi connectivity index (χ0) is 19.3. The molecule has 1 aromatic heterocycles. The molecule has 0 saturated heterocycles. The third kappa shape index (κ3) is 3.82. The van der Waals surface area contributed by atoms with Crippen LogP contribution >= 0.6 is 11.6 Å². The summed E-state index contributed by atoms with van der Waals surface area (Å²) in [5.41, 5.74) is 3.55. The van der Waals surface area contributed by atoms with Crippen molar-refractivity contribution in [2.45, 2.75) is 0 Å². The van der Waals surface area contributed by atoms with Gasteiger partial charge in [-0.1, -0.05) is 77.4 Å². The van der Waals surface area contributed by atoms with E-state index in [1.165, 1.54) is 0 Å². The lowest BCUT2D eigenvalue weighted by Crippen LogP contribution is -1.91. The molecule has 4 aromatic rings. The maximum Gasteiger partial charge on any atom is 0.258 e. The fraction of sp³-hybridized carbons (Fsp3) is 0.0435. The predicted molar refractivity (Wildman–Crippen MR) is 111 cm³/mol. The lowest BCUT2D eigenvalue weighted by atomic mass is 10.0. The maximum atomic E-state index is 6.14. The van der Waals surface area contributed by atoms with Crippen LogP contribution in [0.2, 0.25) is 5.02 Å². The number of benzene rings is 3. The fourth-order valence-electron chi connectivity index (χ4n) is 2.90. The highest BCUT2D eigenvalue weighted by molar-refractivity contribution is 6.30. The summed E-state index contributed by atoms with van der Waals surface area (Å²) in [6.45, 7) is 0. The first kappa shape index (κ1) is 18.0. The van der Waals surface area contributed by atoms with Gasteiger partial charge in [0.05, 0.1) is 12.7 Å². The molecule has 0 bridgehead atoms. The van der Waals surface area contributed by atoms with Crippen LogP contribution in [0.25, 0.3) is 23.0 Å². The first-order valence-corrected chi connectivity index (χ1v) is 9.12. The summed E-state index contributed by atoms with van der Waals surface area (Å²) in [6.07, 6.45) is 2.03. The van der Waals surface area contributed by atoms with Gasteiger partial charge >= 0.3 is 0 Å². The Morgan fingerprint density at radius 2 is 1.68 bits per heavy atom. The van der Waals surface area contributed by atoms with Crippen molar-refractivity contribution in [1.29, 1.82) is 0 Å². The van der Waals surface area contributed by atoms with Gasteiger partial charge in [0.15, 0.2) is 0 Å². The number of hydrogen-bond donors (Lipinski definition) is 0. The minimum atomic E-state index is 0.421. The van der Waals surface area contributed by atoms with E-state index in [1.54, 1.807) is 25.3 Å². The monoisotopic (exact) mass is 388 g/mol. The van der Waals surface area contributed by atoms with E-state index < -0.39 is 0 Å². The van der Waals surface area contributed by atoms with Crippen LogP contribution in [0, 0.1) is 0 Å². The second-order valence-electron chi connectivity index (χ2n) is 6.10. The van der Waals surface area contributed by atoms with Crippen LogP contribution in [0.4, 0.5) is 0 Å². The average Bonchev–Trinajstić information content (AvgIpc) is 3.23. The molecule has 0 fully saturated rings. The molecule has 0 unspecified atom stereocenters. The highest BCUT2D eigenvalue weighted by Crippen LogP contribution is 2.32. The molecule has 0 atom stereocenters. The maximum absolute atomic E-state index is 6.14. The van der Waals surface area contributed by atoms with Crippen molar-refractivity contribution in [3.8, 4) is 17.1 Å². The third-order valence-corrected chi connectivity index (χ3v) is 4.49. The van der Waals surface area contributed by atoms with Crippen LogP contribution < -0.4 is 4.74 Å². The molecule has 0 N–H and O–H groups in total. The van der Waals surface area contributed by atoms with Gasteiger partial charge in [0.2, 0.25) is 5.82 Å². The summed E-state index contributed by atoms with van der Waals surface area (Å²) in [7, 11) is 1.60. The molecule has 0 spiro atoms. The topological polar surface area (TPSA) is 48.2 Å². The Kier molecular flexibility index (Phi) is 5.22. The van der Waals surface area contributed by atoms with Gasteiger partial charge in [-0.25, -0.2) is 0 Å². The van der Waals surface area contributed by atoms with E-state index in [9.17, 15) is 0 Å². The van der Waals surface area contributed by atoms with Crippen molar-refractivity contribution in [2.75, 3.05) is 7.11 Å². The molecule has 0 radical (unpaired) electrons. The van der Waals surface area contributed by atoms with E-state index in [0.29, 0.717) is 28.1 Å². The van der Waals surface area contributed by atoms with Crippen LogP contribution in [-0.2, 0) is 0 Å². The smallest absolute Gasteiger partial charge is 0.258 e. The van der Waals surface area contributed by atoms with E-state index in [-0.39, 0.29) is 0 Å². The van der Waals surface area contributed by atoms with Gasteiger partial charge in [-0.05, 0) is 35.4 Å². The van der Waals surface area contributed by atoms with Crippen LogP contribution in [0.1, 0.15) is 17.0 Å². The van der Waals surface area contributed by atoms with E-state index in [4.69, 9.17) is 20.9 Å². The van der Waals surface area contributed by atoms with Crippen molar-refractivity contribution in [3.05, 3.63) is 101 Å². The van der Waals surface area contributed by atoms with Gasteiger partial charge in [0.1, 0.15) is 5.75 Å². The summed E-state index contributed by atoms with van der Waals surface area (Å²) < 4.78 is 11.0. The van der Waals surface area contributed by atoms with Crippen molar-refractivity contribution >= 4 is 23.3 Å². The van der Waals surface area contributed by atoms with E-state index in [1.807, 2.05) is 66.7 Å². The largest absolute Gasteiger partial charge is 0.496 e. The van der Waals surface area contributed by atoms with E-state index >= 15 is 0 Å². The Labute approximate surface area is 168 Å². The molecule has 138 valence electrons. The summed E-state index contributed by atoms with van der Waals surface area (Å²) in [6, 6.07) is 25.3. The van der Waals surface area contributed by atoms with Gasteiger partial charge < -0.3 is 9.26 Å². The van der Waals surface area contributed by atoms with Crippen LogP contribution in [-0.4, -0.2) is 17.3 Å². The van der Waals surface area contributed by atoms with Crippen LogP contribution in [0.5, 0.6) is 5.75 Å². The standard InChI is InChI=1S/C23H17ClN2O2/c1-27-21-13-12-18(24)15-20(21)22-25-23(28-26-22)19(17-10-6-3-7-11-17)14-16-8-4-2-5-9-16/h2-15H,1H3/b19-14-. The highest BCUT2D eigenvalue weighted by atomic mass is 35.5. The lowest BCUT2D eigenvalue weighted by molar-refractivity contribution is 0.405. The molecule has 3 aromatic carbocycles.